The molecule has 0 unspecified atom stereocenters. The van der Waals surface area contributed by atoms with Crippen LogP contribution in [0.3, 0.4) is 0 Å². The number of sulfone groups is 2. The van der Waals surface area contributed by atoms with Gasteiger partial charge < -0.3 is 9.47 Å². The van der Waals surface area contributed by atoms with Crippen molar-refractivity contribution in [2.45, 2.75) is 35.6 Å². The number of carbonyl (C=O) groups is 1. The van der Waals surface area contributed by atoms with Crippen LogP contribution in [0.25, 0.3) is 0 Å². The van der Waals surface area contributed by atoms with Crippen LogP contribution in [0.2, 0.25) is 0 Å². The Morgan fingerprint density at radius 2 is 1.75 bits per heavy atom. The van der Waals surface area contributed by atoms with Crippen LogP contribution in [0, 0.1) is 0 Å². The molecule has 8 nitrogen and oxygen atoms in total. The van der Waals surface area contributed by atoms with E-state index in [1.807, 2.05) is 37.3 Å². The van der Waals surface area contributed by atoms with Crippen LogP contribution in [0.1, 0.15) is 12.5 Å². The molecule has 2 aromatic rings. The van der Waals surface area contributed by atoms with Crippen molar-refractivity contribution in [3.05, 3.63) is 60.2 Å². The van der Waals surface area contributed by atoms with Crippen LogP contribution in [-0.2, 0) is 35.6 Å². The summed E-state index contributed by atoms with van der Waals surface area (Å²) in [6.45, 7) is 2.26. The van der Waals surface area contributed by atoms with Crippen LogP contribution in [0.4, 0.5) is 0 Å². The molecule has 0 saturated carbocycles. The van der Waals surface area contributed by atoms with Gasteiger partial charge in [-0.1, -0.05) is 30.3 Å². The molecule has 174 valence electrons. The van der Waals surface area contributed by atoms with E-state index >= 15 is 0 Å². The van der Waals surface area contributed by atoms with E-state index in [0.717, 1.165) is 5.56 Å². The Hall–Kier alpha value is -2.43. The van der Waals surface area contributed by atoms with E-state index in [-0.39, 0.29) is 17.1 Å². The molecule has 0 radical (unpaired) electrons. The molecule has 1 fully saturated rings. The highest BCUT2D eigenvalue weighted by Crippen LogP contribution is 2.28. The highest BCUT2D eigenvalue weighted by atomic mass is 32.2. The molecule has 1 saturated heterocycles. The van der Waals surface area contributed by atoms with Crippen LogP contribution in [-0.4, -0.2) is 65.4 Å². The maximum atomic E-state index is 13.3. The van der Waals surface area contributed by atoms with Gasteiger partial charge in [0.25, 0.3) is 0 Å². The Labute approximate surface area is 188 Å². The van der Waals surface area contributed by atoms with Gasteiger partial charge in [-0.15, -0.1) is 0 Å². The van der Waals surface area contributed by atoms with Gasteiger partial charge in [0.05, 0.1) is 35.4 Å². The molecular formula is C22H27NO7S2. The van der Waals surface area contributed by atoms with E-state index in [4.69, 9.17) is 9.47 Å². The average Bonchev–Trinajstić information content (AvgIpc) is 3.09. The average molecular weight is 482 g/mol. The first-order valence-corrected chi connectivity index (χ1v) is 13.6. The number of rotatable bonds is 9. The summed E-state index contributed by atoms with van der Waals surface area (Å²) >= 11 is 0. The van der Waals surface area contributed by atoms with Gasteiger partial charge in [-0.05, 0) is 43.2 Å². The maximum absolute atomic E-state index is 13.3. The largest absolute Gasteiger partial charge is 0.494 e. The first kappa shape index (κ1) is 24.2. The third kappa shape index (κ3) is 5.67. The molecule has 0 spiro atoms. The summed E-state index contributed by atoms with van der Waals surface area (Å²) < 4.78 is 61.7. The Balaban J connectivity index is 1.88. The molecule has 1 aliphatic rings. The maximum Gasteiger partial charge on any atom is 0.323 e. The second kappa shape index (κ2) is 10.0. The first-order chi connectivity index (χ1) is 15.2. The van der Waals surface area contributed by atoms with E-state index in [1.54, 1.807) is 0 Å². The molecule has 0 aliphatic carbocycles. The lowest BCUT2D eigenvalue weighted by molar-refractivity contribution is -0.143. The topological polar surface area (TPSA) is 116 Å². The quantitative estimate of drug-likeness (QED) is 0.535. The summed E-state index contributed by atoms with van der Waals surface area (Å²) in [5, 5.41) is 1.74. The molecule has 32 heavy (non-hydrogen) atoms. The van der Waals surface area contributed by atoms with Crippen LogP contribution < -0.4 is 10.1 Å². The zero-order valence-electron chi connectivity index (χ0n) is 17.9. The zero-order valence-corrected chi connectivity index (χ0v) is 19.6. The molecule has 0 bridgehead atoms. The number of carbonyl (C=O) groups excluding carboxylic acids is 1. The van der Waals surface area contributed by atoms with Crippen LogP contribution in [0.5, 0.6) is 5.75 Å². The molecule has 1 N–H and O–H groups in total. The minimum atomic E-state index is -3.99. The highest BCUT2D eigenvalue weighted by Gasteiger charge is 2.47. The van der Waals surface area contributed by atoms with Gasteiger partial charge in [0, 0.05) is 6.04 Å². The predicted octanol–water partition coefficient (Wildman–Crippen LogP) is 1.40. The zero-order chi connectivity index (χ0) is 23.4. The van der Waals surface area contributed by atoms with Gasteiger partial charge in [0.1, 0.15) is 11.8 Å². The number of benzene rings is 2. The van der Waals surface area contributed by atoms with E-state index in [2.05, 4.69) is 5.32 Å². The molecular weight excluding hydrogens is 454 g/mol. The lowest BCUT2D eigenvalue weighted by Crippen LogP contribution is -2.51. The van der Waals surface area contributed by atoms with Crippen LogP contribution >= 0.6 is 0 Å². The number of esters is 1. The van der Waals surface area contributed by atoms with Crippen molar-refractivity contribution in [1.29, 1.82) is 0 Å². The number of nitrogens with one attached hydrogen (secondary N) is 1. The van der Waals surface area contributed by atoms with E-state index in [9.17, 15) is 21.6 Å². The lowest BCUT2D eigenvalue weighted by atomic mass is 10.0. The van der Waals surface area contributed by atoms with Crippen molar-refractivity contribution in [3.8, 4) is 5.75 Å². The van der Waals surface area contributed by atoms with Crippen molar-refractivity contribution < 1.29 is 31.1 Å². The normalized spacial score (nSPS) is 21.1. The second-order valence-electron chi connectivity index (χ2n) is 7.60. The number of ether oxygens (including phenoxy) is 2. The van der Waals surface area contributed by atoms with Gasteiger partial charge in [-0.3, -0.25) is 10.1 Å². The Morgan fingerprint density at radius 3 is 2.34 bits per heavy atom. The third-order valence-electron chi connectivity index (χ3n) is 5.35. The van der Waals surface area contributed by atoms with Gasteiger partial charge >= 0.3 is 5.97 Å². The van der Waals surface area contributed by atoms with Crippen molar-refractivity contribution in [1.82, 2.24) is 5.32 Å². The van der Waals surface area contributed by atoms with E-state index < -0.39 is 48.7 Å². The van der Waals surface area contributed by atoms with Gasteiger partial charge in [-0.2, -0.15) is 0 Å². The smallest absolute Gasteiger partial charge is 0.323 e. The minimum absolute atomic E-state index is 0.00697. The molecule has 0 aromatic heterocycles. The summed E-state index contributed by atoms with van der Waals surface area (Å²) in [6, 6.07) is 13.2. The van der Waals surface area contributed by atoms with Crippen molar-refractivity contribution in [2.75, 3.05) is 25.2 Å². The molecule has 0 amide bonds. The molecule has 2 aromatic carbocycles. The van der Waals surface area contributed by atoms with Crippen molar-refractivity contribution in [2.24, 2.45) is 0 Å². The minimum Gasteiger partial charge on any atom is -0.494 e. The van der Waals surface area contributed by atoms with Crippen LogP contribution in [0.15, 0.2) is 59.5 Å². The molecule has 3 atom stereocenters. The Kier molecular flexibility index (Phi) is 7.58. The monoisotopic (exact) mass is 481 g/mol. The SMILES string of the molecule is CCOc1ccc(S(=O)(=O)[C@H]2CS(=O)(=O)C[C@@H]2N[C@@H](Cc2ccccc2)C(=O)OC)cc1. The fraction of sp³-hybridized carbons (Fsp3) is 0.409. The second-order valence-corrected chi connectivity index (χ2v) is 11.9. The standard InChI is InChI=1S/C22H27NO7S2/c1-3-30-17-9-11-18(12-10-17)32(27,28)21-15-31(25,26)14-20(21)23-19(22(24)29-2)13-16-7-5-4-6-8-16/h4-12,19-21,23H,3,13-15H2,1-2H3/t19-,20-,21-/m0/s1. The molecule has 3 rings (SSSR count). The molecule has 1 aliphatic heterocycles. The van der Waals surface area contributed by atoms with Gasteiger partial charge in [0.15, 0.2) is 19.7 Å². The first-order valence-electron chi connectivity index (χ1n) is 10.2. The summed E-state index contributed by atoms with van der Waals surface area (Å²) in [4.78, 5) is 12.4. The fourth-order valence-corrected chi connectivity index (χ4v) is 8.48. The van der Waals surface area contributed by atoms with Crippen molar-refractivity contribution in [3.63, 3.8) is 0 Å². The lowest BCUT2D eigenvalue weighted by Gasteiger charge is -2.25. The predicted molar refractivity (Wildman–Crippen MR) is 120 cm³/mol. The van der Waals surface area contributed by atoms with E-state index in [1.165, 1.54) is 31.4 Å². The van der Waals surface area contributed by atoms with Crippen molar-refractivity contribution >= 4 is 25.6 Å². The fourth-order valence-electron chi connectivity index (χ4n) is 3.80. The van der Waals surface area contributed by atoms with Gasteiger partial charge in [0.2, 0.25) is 0 Å². The van der Waals surface area contributed by atoms with E-state index in [0.29, 0.717) is 12.4 Å². The third-order valence-corrected chi connectivity index (χ3v) is 9.51. The Bertz CT molecular complexity index is 1130. The van der Waals surface area contributed by atoms with Gasteiger partial charge in [-0.25, -0.2) is 16.8 Å². The highest BCUT2D eigenvalue weighted by molar-refractivity contribution is 7.96. The summed E-state index contributed by atoms with van der Waals surface area (Å²) in [6.07, 6.45) is 0.236. The summed E-state index contributed by atoms with van der Waals surface area (Å²) in [7, 11) is -6.38. The number of hydrogen-bond acceptors (Lipinski definition) is 8. The summed E-state index contributed by atoms with van der Waals surface area (Å²) in [5.74, 6) is -0.959. The summed E-state index contributed by atoms with van der Waals surface area (Å²) in [5.41, 5.74) is 0.835. The molecule has 10 heteroatoms. The number of methoxy groups -OCH3 is 1. The Morgan fingerprint density at radius 1 is 1.09 bits per heavy atom. The number of hydrogen-bond donors (Lipinski definition) is 1. The molecule has 1 heterocycles.